The highest BCUT2D eigenvalue weighted by Gasteiger charge is 2.12. The molecule has 0 saturated heterocycles. The summed E-state index contributed by atoms with van der Waals surface area (Å²) in [5.74, 6) is -0.320. The molecule has 0 saturated carbocycles. The van der Waals surface area contributed by atoms with Crippen molar-refractivity contribution in [2.45, 2.75) is 96.3 Å². The van der Waals surface area contributed by atoms with Crippen molar-refractivity contribution in [3.8, 4) is 11.3 Å². The summed E-state index contributed by atoms with van der Waals surface area (Å²) in [5.41, 5.74) is 3.75. The van der Waals surface area contributed by atoms with Crippen molar-refractivity contribution >= 4 is 17.6 Å². The molecule has 0 aliphatic carbocycles. The van der Waals surface area contributed by atoms with Crippen LogP contribution in [0.15, 0.2) is 42.6 Å². The van der Waals surface area contributed by atoms with E-state index in [1.54, 1.807) is 12.1 Å². The molecule has 1 aromatic carbocycles. The van der Waals surface area contributed by atoms with Crippen molar-refractivity contribution in [1.82, 2.24) is 4.98 Å². The molecule has 0 amide bonds. The quantitative estimate of drug-likeness (QED) is 0.144. The molecule has 0 spiro atoms. The lowest BCUT2D eigenvalue weighted by molar-refractivity contribution is 0.0501. The maximum absolute atomic E-state index is 12.3. The van der Waals surface area contributed by atoms with Crippen LogP contribution in [0.2, 0.25) is 0 Å². The third-order valence-corrected chi connectivity index (χ3v) is 6.17. The highest BCUT2D eigenvalue weighted by Crippen LogP contribution is 2.19. The zero-order valence-electron chi connectivity index (χ0n) is 20.0. The molecule has 0 N–H and O–H groups in total. The standard InChI is InChI=1S/C28H40ClNO2/c1-3-5-7-9-11-13-23-15-20-27(30-21-23)24-16-18-25(19-17-24)28(31)32-22-26(29)14-12-10-8-6-4-2/h15-21,26H,3-14,22H2,1-2H3. The molecule has 1 unspecified atom stereocenters. The summed E-state index contributed by atoms with van der Waals surface area (Å²) >= 11 is 6.31. The van der Waals surface area contributed by atoms with Crippen molar-refractivity contribution in [3.05, 3.63) is 53.7 Å². The average molecular weight is 458 g/mol. The van der Waals surface area contributed by atoms with E-state index in [0.29, 0.717) is 5.56 Å². The van der Waals surface area contributed by atoms with Gasteiger partial charge in [-0.25, -0.2) is 4.79 Å². The summed E-state index contributed by atoms with van der Waals surface area (Å²) in [6, 6.07) is 11.7. The van der Waals surface area contributed by atoms with Crippen LogP contribution in [0.1, 0.15) is 100 Å². The molecule has 4 heteroatoms. The zero-order valence-corrected chi connectivity index (χ0v) is 20.7. The van der Waals surface area contributed by atoms with Gasteiger partial charge in [0.2, 0.25) is 0 Å². The van der Waals surface area contributed by atoms with Crippen LogP contribution in [-0.2, 0) is 11.2 Å². The third-order valence-electron chi connectivity index (χ3n) is 5.83. The molecule has 2 aromatic rings. The minimum Gasteiger partial charge on any atom is -0.461 e. The van der Waals surface area contributed by atoms with Crippen molar-refractivity contribution in [2.75, 3.05) is 6.61 Å². The number of esters is 1. The highest BCUT2D eigenvalue weighted by atomic mass is 35.5. The minimum atomic E-state index is -0.320. The number of ether oxygens (including phenoxy) is 1. The van der Waals surface area contributed by atoms with Gasteiger partial charge in [0.1, 0.15) is 6.61 Å². The summed E-state index contributed by atoms with van der Waals surface area (Å²) < 4.78 is 5.40. The van der Waals surface area contributed by atoms with Gasteiger partial charge in [0.15, 0.2) is 0 Å². The van der Waals surface area contributed by atoms with Gasteiger partial charge < -0.3 is 4.74 Å². The zero-order chi connectivity index (χ0) is 23.0. The van der Waals surface area contributed by atoms with Gasteiger partial charge in [0, 0.05) is 11.8 Å². The van der Waals surface area contributed by atoms with Crippen LogP contribution in [0.5, 0.6) is 0 Å². The van der Waals surface area contributed by atoms with E-state index in [2.05, 4.69) is 31.0 Å². The predicted molar refractivity (Wildman–Crippen MR) is 135 cm³/mol. The molecule has 176 valence electrons. The van der Waals surface area contributed by atoms with E-state index in [-0.39, 0.29) is 18.0 Å². The smallest absolute Gasteiger partial charge is 0.338 e. The summed E-state index contributed by atoms with van der Waals surface area (Å²) in [5, 5.41) is -0.116. The summed E-state index contributed by atoms with van der Waals surface area (Å²) in [7, 11) is 0. The van der Waals surface area contributed by atoms with Crippen LogP contribution >= 0.6 is 11.6 Å². The fraction of sp³-hybridized carbons (Fsp3) is 0.571. The van der Waals surface area contributed by atoms with Gasteiger partial charge in [-0.3, -0.25) is 4.98 Å². The van der Waals surface area contributed by atoms with Gasteiger partial charge in [0.25, 0.3) is 0 Å². The number of nitrogens with zero attached hydrogens (tertiary/aromatic N) is 1. The highest BCUT2D eigenvalue weighted by molar-refractivity contribution is 6.20. The Bertz CT molecular complexity index is 758. The fourth-order valence-electron chi connectivity index (χ4n) is 3.76. The van der Waals surface area contributed by atoms with Crippen LogP contribution in [0.4, 0.5) is 0 Å². The van der Waals surface area contributed by atoms with Crippen molar-refractivity contribution in [1.29, 1.82) is 0 Å². The summed E-state index contributed by atoms with van der Waals surface area (Å²) in [6.07, 6.45) is 16.4. The van der Waals surface area contributed by atoms with Gasteiger partial charge in [-0.05, 0) is 43.0 Å². The SMILES string of the molecule is CCCCCCCc1ccc(-c2ccc(C(=O)OCC(Cl)CCCCCCC)cc2)nc1. The van der Waals surface area contributed by atoms with Crippen molar-refractivity contribution in [2.24, 2.45) is 0 Å². The molecular weight excluding hydrogens is 418 g/mol. The number of aryl methyl sites for hydroxylation is 1. The van der Waals surface area contributed by atoms with E-state index in [9.17, 15) is 4.79 Å². The van der Waals surface area contributed by atoms with Crippen LogP contribution < -0.4 is 0 Å². The Labute approximate surface area is 199 Å². The van der Waals surface area contributed by atoms with Crippen LogP contribution in [0, 0.1) is 0 Å². The lowest BCUT2D eigenvalue weighted by Gasteiger charge is -2.11. The molecular formula is C28H40ClNO2. The lowest BCUT2D eigenvalue weighted by atomic mass is 10.0. The monoisotopic (exact) mass is 457 g/mol. The number of rotatable bonds is 16. The van der Waals surface area contributed by atoms with Gasteiger partial charge in [-0.1, -0.05) is 89.8 Å². The number of carbonyl (C=O) groups excluding carboxylic acids is 1. The molecule has 1 aromatic heterocycles. The Kier molecular flexibility index (Phi) is 13.1. The van der Waals surface area contributed by atoms with E-state index in [1.807, 2.05) is 18.3 Å². The number of carbonyl (C=O) groups is 1. The molecule has 0 bridgehead atoms. The Morgan fingerprint density at radius 3 is 2.16 bits per heavy atom. The van der Waals surface area contributed by atoms with E-state index < -0.39 is 0 Å². The first-order chi connectivity index (χ1) is 15.6. The molecule has 3 nitrogen and oxygen atoms in total. The normalized spacial score (nSPS) is 12.0. The number of hydrogen-bond donors (Lipinski definition) is 0. The number of unbranched alkanes of at least 4 members (excludes halogenated alkanes) is 8. The van der Waals surface area contributed by atoms with E-state index in [1.165, 1.54) is 63.4 Å². The second-order valence-corrected chi connectivity index (χ2v) is 9.31. The number of pyridine rings is 1. The van der Waals surface area contributed by atoms with Crippen molar-refractivity contribution in [3.63, 3.8) is 0 Å². The predicted octanol–water partition coefficient (Wildman–Crippen LogP) is 8.39. The average Bonchev–Trinajstić information content (AvgIpc) is 2.83. The number of alkyl halides is 1. The summed E-state index contributed by atoms with van der Waals surface area (Å²) in [6.45, 7) is 4.71. The van der Waals surface area contributed by atoms with E-state index in [4.69, 9.17) is 16.3 Å². The Morgan fingerprint density at radius 1 is 0.875 bits per heavy atom. The summed E-state index contributed by atoms with van der Waals surface area (Å²) in [4.78, 5) is 16.9. The molecule has 1 atom stereocenters. The molecule has 2 rings (SSSR count). The third kappa shape index (κ3) is 10.2. The Balaban J connectivity index is 1.75. The van der Waals surface area contributed by atoms with E-state index in [0.717, 1.165) is 30.5 Å². The van der Waals surface area contributed by atoms with Gasteiger partial charge in [-0.15, -0.1) is 11.6 Å². The largest absolute Gasteiger partial charge is 0.461 e. The lowest BCUT2D eigenvalue weighted by Crippen LogP contribution is -2.14. The molecule has 32 heavy (non-hydrogen) atoms. The first kappa shape index (κ1) is 26.4. The maximum atomic E-state index is 12.3. The second kappa shape index (κ2) is 15.9. The molecule has 0 aliphatic rings. The van der Waals surface area contributed by atoms with Gasteiger partial charge in [0.05, 0.1) is 16.6 Å². The van der Waals surface area contributed by atoms with Gasteiger partial charge >= 0.3 is 5.97 Å². The molecule has 0 aliphatic heterocycles. The number of aromatic nitrogens is 1. The first-order valence-electron chi connectivity index (χ1n) is 12.5. The van der Waals surface area contributed by atoms with Crippen molar-refractivity contribution < 1.29 is 9.53 Å². The minimum absolute atomic E-state index is 0.116. The molecule has 0 radical (unpaired) electrons. The fourth-order valence-corrected chi connectivity index (χ4v) is 3.97. The molecule has 0 fully saturated rings. The Morgan fingerprint density at radius 2 is 1.53 bits per heavy atom. The number of hydrogen-bond acceptors (Lipinski definition) is 3. The second-order valence-electron chi connectivity index (χ2n) is 8.69. The number of halogens is 1. The van der Waals surface area contributed by atoms with Crippen LogP contribution in [0.3, 0.4) is 0 Å². The topological polar surface area (TPSA) is 39.2 Å². The first-order valence-corrected chi connectivity index (χ1v) is 12.9. The van der Waals surface area contributed by atoms with E-state index >= 15 is 0 Å². The maximum Gasteiger partial charge on any atom is 0.338 e. The molecule has 1 heterocycles. The van der Waals surface area contributed by atoms with Crippen LogP contribution in [0.25, 0.3) is 11.3 Å². The van der Waals surface area contributed by atoms with Crippen LogP contribution in [-0.4, -0.2) is 22.9 Å². The Hall–Kier alpha value is -1.87. The van der Waals surface area contributed by atoms with Gasteiger partial charge in [-0.2, -0.15) is 0 Å². The number of benzene rings is 1.